The Labute approximate surface area is 123 Å². The van der Waals surface area contributed by atoms with E-state index in [1.165, 1.54) is 7.11 Å². The van der Waals surface area contributed by atoms with E-state index in [0.29, 0.717) is 12.8 Å². The van der Waals surface area contributed by atoms with Gasteiger partial charge in [0.15, 0.2) is 11.6 Å². The largest absolute Gasteiger partial charge is 0.492 e. The van der Waals surface area contributed by atoms with E-state index in [1.807, 2.05) is 0 Å². The lowest BCUT2D eigenvalue weighted by Crippen LogP contribution is -2.49. The van der Waals surface area contributed by atoms with Crippen LogP contribution < -0.4 is 15.2 Å². The number of anilines is 1. The van der Waals surface area contributed by atoms with Crippen molar-refractivity contribution in [1.29, 1.82) is 0 Å². The molecule has 2 rings (SSSR count). The van der Waals surface area contributed by atoms with Crippen molar-refractivity contribution in [2.75, 3.05) is 19.5 Å². The molecule has 1 aromatic carbocycles. The van der Waals surface area contributed by atoms with Gasteiger partial charge in [-0.05, 0) is 25.0 Å². The lowest BCUT2D eigenvalue weighted by atomic mass is 10.0. The van der Waals surface area contributed by atoms with Gasteiger partial charge in [-0.25, -0.2) is 17.5 Å². The third-order valence-electron chi connectivity index (χ3n) is 3.77. The zero-order valence-electron chi connectivity index (χ0n) is 11.7. The van der Waals surface area contributed by atoms with E-state index < -0.39 is 21.4 Å². The number of sulfonamides is 1. The predicted octanol–water partition coefficient (Wildman–Crippen LogP) is 1.000. The Hall–Kier alpha value is -1.38. The van der Waals surface area contributed by atoms with Gasteiger partial charge in [-0.2, -0.15) is 0 Å². The van der Waals surface area contributed by atoms with Gasteiger partial charge in [-0.1, -0.05) is 12.8 Å². The van der Waals surface area contributed by atoms with Crippen LogP contribution in [0.2, 0.25) is 0 Å². The second kappa shape index (κ2) is 5.78. The molecule has 1 fully saturated rings. The van der Waals surface area contributed by atoms with Crippen LogP contribution in [0.25, 0.3) is 0 Å². The first-order valence-electron chi connectivity index (χ1n) is 6.61. The van der Waals surface area contributed by atoms with Crippen LogP contribution in [0.15, 0.2) is 17.0 Å². The quantitative estimate of drug-likeness (QED) is 0.703. The average Bonchev–Trinajstić information content (AvgIpc) is 2.87. The molecule has 1 aromatic rings. The summed E-state index contributed by atoms with van der Waals surface area (Å²) in [5, 5.41) is 9.47. The molecule has 118 valence electrons. The lowest BCUT2D eigenvalue weighted by Gasteiger charge is -2.27. The number of ether oxygens (including phenoxy) is 1. The fourth-order valence-corrected chi connectivity index (χ4v) is 4.14. The minimum atomic E-state index is -3.97. The first-order chi connectivity index (χ1) is 9.83. The molecule has 1 aliphatic rings. The van der Waals surface area contributed by atoms with E-state index in [9.17, 15) is 17.9 Å². The Morgan fingerprint density at radius 3 is 2.52 bits per heavy atom. The third kappa shape index (κ3) is 3.12. The van der Waals surface area contributed by atoms with Crippen LogP contribution in [0.1, 0.15) is 25.7 Å². The Balaban J connectivity index is 2.36. The summed E-state index contributed by atoms with van der Waals surface area (Å²) in [5.74, 6) is -1.03. The number of methoxy groups -OCH3 is 1. The van der Waals surface area contributed by atoms with Gasteiger partial charge in [-0.3, -0.25) is 0 Å². The summed E-state index contributed by atoms with van der Waals surface area (Å²) in [7, 11) is -2.72. The molecule has 21 heavy (non-hydrogen) atoms. The minimum Gasteiger partial charge on any atom is -0.492 e. The van der Waals surface area contributed by atoms with Crippen LogP contribution in [0.4, 0.5) is 10.1 Å². The maximum Gasteiger partial charge on any atom is 0.241 e. The maximum atomic E-state index is 13.8. The molecule has 0 bridgehead atoms. The molecular formula is C13H19FN2O4S. The number of nitrogens with one attached hydrogen (secondary N) is 1. The topological polar surface area (TPSA) is 102 Å². The van der Waals surface area contributed by atoms with Gasteiger partial charge in [-0.15, -0.1) is 0 Å². The van der Waals surface area contributed by atoms with Crippen molar-refractivity contribution in [2.24, 2.45) is 0 Å². The monoisotopic (exact) mass is 318 g/mol. The zero-order chi connectivity index (χ0) is 15.7. The molecule has 0 unspecified atom stereocenters. The van der Waals surface area contributed by atoms with Gasteiger partial charge >= 0.3 is 0 Å². The molecule has 0 amide bonds. The number of nitrogen functional groups attached to an aromatic ring is 1. The summed E-state index contributed by atoms with van der Waals surface area (Å²) >= 11 is 0. The number of aliphatic hydroxyl groups excluding tert-OH is 1. The first kappa shape index (κ1) is 16.0. The molecule has 4 N–H and O–H groups in total. The molecule has 0 atom stereocenters. The van der Waals surface area contributed by atoms with Crippen molar-refractivity contribution in [3.63, 3.8) is 0 Å². The molecular weight excluding hydrogens is 299 g/mol. The van der Waals surface area contributed by atoms with E-state index in [0.717, 1.165) is 25.0 Å². The van der Waals surface area contributed by atoms with Gasteiger partial charge in [0.1, 0.15) is 0 Å². The molecule has 0 aliphatic heterocycles. The Morgan fingerprint density at radius 2 is 2.05 bits per heavy atom. The van der Waals surface area contributed by atoms with E-state index in [2.05, 4.69) is 4.72 Å². The zero-order valence-corrected chi connectivity index (χ0v) is 12.5. The highest BCUT2D eigenvalue weighted by molar-refractivity contribution is 7.89. The highest BCUT2D eigenvalue weighted by Crippen LogP contribution is 2.33. The van der Waals surface area contributed by atoms with Gasteiger partial charge in [0.25, 0.3) is 0 Å². The van der Waals surface area contributed by atoms with E-state index >= 15 is 0 Å². The maximum absolute atomic E-state index is 13.8. The molecule has 0 spiro atoms. The van der Waals surface area contributed by atoms with Crippen molar-refractivity contribution in [3.05, 3.63) is 17.9 Å². The fourth-order valence-electron chi connectivity index (χ4n) is 2.65. The third-order valence-corrected chi connectivity index (χ3v) is 5.33. The number of nitrogens with two attached hydrogens (primary N) is 1. The summed E-state index contributed by atoms with van der Waals surface area (Å²) in [4.78, 5) is -0.280. The highest BCUT2D eigenvalue weighted by atomic mass is 32.2. The molecule has 1 aliphatic carbocycles. The normalized spacial score (nSPS) is 17.9. The van der Waals surface area contributed by atoms with Gasteiger partial charge in [0.05, 0.1) is 29.8 Å². The van der Waals surface area contributed by atoms with Gasteiger partial charge in [0, 0.05) is 0 Å². The van der Waals surface area contributed by atoms with Crippen molar-refractivity contribution < 1.29 is 22.7 Å². The van der Waals surface area contributed by atoms with Crippen molar-refractivity contribution in [3.8, 4) is 5.75 Å². The molecule has 0 saturated heterocycles. The summed E-state index contributed by atoms with van der Waals surface area (Å²) in [6, 6.07) is 2.00. The second-order valence-corrected chi connectivity index (χ2v) is 6.96. The summed E-state index contributed by atoms with van der Waals surface area (Å²) < 4.78 is 45.8. The summed E-state index contributed by atoms with van der Waals surface area (Å²) in [6.07, 6.45) is 2.78. The number of rotatable bonds is 5. The van der Waals surface area contributed by atoms with Crippen LogP contribution >= 0.6 is 0 Å². The molecule has 8 heteroatoms. The number of halogens is 1. The number of hydrogen-bond acceptors (Lipinski definition) is 5. The predicted molar refractivity (Wildman–Crippen MR) is 76.0 cm³/mol. The number of aliphatic hydroxyl groups is 1. The van der Waals surface area contributed by atoms with E-state index in [4.69, 9.17) is 10.5 Å². The van der Waals surface area contributed by atoms with Crippen molar-refractivity contribution >= 4 is 15.7 Å². The van der Waals surface area contributed by atoms with Crippen molar-refractivity contribution in [1.82, 2.24) is 4.72 Å². The molecule has 0 radical (unpaired) electrons. The molecule has 6 nitrogen and oxygen atoms in total. The molecule has 0 aromatic heterocycles. The van der Waals surface area contributed by atoms with Gasteiger partial charge < -0.3 is 15.6 Å². The number of hydrogen-bond donors (Lipinski definition) is 3. The van der Waals surface area contributed by atoms with E-state index in [-0.39, 0.29) is 22.9 Å². The smallest absolute Gasteiger partial charge is 0.241 e. The standard InChI is InChI=1S/C13H19FN2O4S/c1-20-12-10(14)6-9(7-11(12)15)21(18,19)16-13(8-17)4-2-3-5-13/h6-7,16-17H,2-5,8,15H2,1H3. The Morgan fingerprint density at radius 1 is 1.43 bits per heavy atom. The fraction of sp³-hybridized carbons (Fsp3) is 0.538. The second-order valence-electron chi connectivity index (χ2n) is 5.28. The van der Waals surface area contributed by atoms with Crippen LogP contribution in [0.3, 0.4) is 0 Å². The lowest BCUT2D eigenvalue weighted by molar-refractivity contribution is 0.185. The first-order valence-corrected chi connectivity index (χ1v) is 8.10. The molecule has 1 saturated carbocycles. The summed E-state index contributed by atoms with van der Waals surface area (Å²) in [5.41, 5.74) is 4.63. The van der Waals surface area contributed by atoms with Crippen LogP contribution in [0.5, 0.6) is 5.75 Å². The highest BCUT2D eigenvalue weighted by Gasteiger charge is 2.37. The minimum absolute atomic E-state index is 0.0951. The Bertz CT molecular complexity index is 604. The summed E-state index contributed by atoms with van der Waals surface area (Å²) in [6.45, 7) is -0.291. The van der Waals surface area contributed by atoms with E-state index in [1.54, 1.807) is 0 Å². The Kier molecular flexibility index (Phi) is 4.40. The average molecular weight is 318 g/mol. The van der Waals surface area contributed by atoms with Crippen LogP contribution in [-0.2, 0) is 10.0 Å². The SMILES string of the molecule is COc1c(N)cc(S(=O)(=O)NC2(CO)CCCC2)cc1F. The number of benzene rings is 1. The van der Waals surface area contributed by atoms with Crippen LogP contribution in [0, 0.1) is 5.82 Å². The van der Waals surface area contributed by atoms with Crippen molar-refractivity contribution in [2.45, 2.75) is 36.1 Å². The van der Waals surface area contributed by atoms with Crippen LogP contribution in [-0.4, -0.2) is 32.8 Å². The molecule has 0 heterocycles. The van der Waals surface area contributed by atoms with Gasteiger partial charge in [0.2, 0.25) is 10.0 Å².